The van der Waals surface area contributed by atoms with Crippen LogP contribution in [0.1, 0.15) is 45.4 Å². The molecule has 0 radical (unpaired) electrons. The van der Waals surface area contributed by atoms with Gasteiger partial charge in [0, 0.05) is 5.92 Å². The van der Waals surface area contributed by atoms with Crippen LogP contribution >= 0.6 is 11.6 Å². The lowest BCUT2D eigenvalue weighted by Crippen LogP contribution is -2.29. The summed E-state index contributed by atoms with van der Waals surface area (Å²) >= 11 is 6.31. The van der Waals surface area contributed by atoms with Crippen molar-refractivity contribution in [3.63, 3.8) is 0 Å². The standard InChI is InChI=1S/C20H15ClF3NO2/c21-16-9-11(19(26)27)8-15-13-5-2-6-14(13)17(25-18(15)16)10-3-1-4-12(7-10)20(22,23)24/h1-5,7-9,13-14,17,25H,6H2,(H,26,27)/t13-,14+,17+/m1/s1. The molecule has 3 atom stereocenters. The Labute approximate surface area is 158 Å². The largest absolute Gasteiger partial charge is 0.478 e. The fourth-order valence-corrected chi connectivity index (χ4v) is 4.30. The normalized spacial score (nSPS) is 23.5. The van der Waals surface area contributed by atoms with Gasteiger partial charge in [0.2, 0.25) is 0 Å². The molecule has 1 aliphatic heterocycles. The average molecular weight is 394 g/mol. The minimum absolute atomic E-state index is 0.0129. The summed E-state index contributed by atoms with van der Waals surface area (Å²) in [5.74, 6) is -1.18. The van der Waals surface area contributed by atoms with Crippen LogP contribution in [-0.4, -0.2) is 11.1 Å². The van der Waals surface area contributed by atoms with Crippen molar-refractivity contribution in [1.29, 1.82) is 0 Å². The zero-order valence-corrected chi connectivity index (χ0v) is 14.7. The lowest BCUT2D eigenvalue weighted by Gasteiger charge is -2.38. The van der Waals surface area contributed by atoms with Crippen LogP contribution in [0.2, 0.25) is 5.02 Å². The maximum atomic E-state index is 13.1. The lowest BCUT2D eigenvalue weighted by atomic mass is 9.76. The maximum absolute atomic E-state index is 13.1. The van der Waals surface area contributed by atoms with Crippen molar-refractivity contribution < 1.29 is 23.1 Å². The van der Waals surface area contributed by atoms with Gasteiger partial charge in [0.05, 0.1) is 27.9 Å². The van der Waals surface area contributed by atoms with Gasteiger partial charge in [-0.15, -0.1) is 0 Å². The van der Waals surface area contributed by atoms with E-state index in [1.165, 1.54) is 12.1 Å². The highest BCUT2D eigenvalue weighted by molar-refractivity contribution is 6.33. The van der Waals surface area contributed by atoms with Crippen LogP contribution in [0.3, 0.4) is 0 Å². The molecule has 4 rings (SSSR count). The zero-order chi connectivity index (χ0) is 19.3. The Morgan fingerprint density at radius 3 is 2.70 bits per heavy atom. The fourth-order valence-electron chi connectivity index (χ4n) is 4.02. The minimum Gasteiger partial charge on any atom is -0.478 e. The summed E-state index contributed by atoms with van der Waals surface area (Å²) in [5.41, 5.74) is 1.28. The molecule has 0 aromatic heterocycles. The first-order valence-corrected chi connectivity index (χ1v) is 8.80. The first-order chi connectivity index (χ1) is 12.8. The highest BCUT2D eigenvalue weighted by Crippen LogP contribution is 2.52. The predicted molar refractivity (Wildman–Crippen MR) is 96.2 cm³/mol. The molecule has 0 saturated heterocycles. The molecular formula is C20H15ClF3NO2. The molecule has 140 valence electrons. The number of carboxylic acid groups (broad SMARTS) is 1. The second-order valence-electron chi connectivity index (χ2n) is 6.83. The van der Waals surface area contributed by atoms with Crippen LogP contribution in [0.5, 0.6) is 0 Å². The van der Waals surface area contributed by atoms with Gasteiger partial charge in [0.15, 0.2) is 0 Å². The summed E-state index contributed by atoms with van der Waals surface area (Å²) in [6.45, 7) is 0. The van der Waals surface area contributed by atoms with E-state index in [-0.39, 0.29) is 28.5 Å². The van der Waals surface area contributed by atoms with Crippen LogP contribution in [0, 0.1) is 5.92 Å². The molecule has 1 aliphatic carbocycles. The second kappa shape index (κ2) is 6.30. The van der Waals surface area contributed by atoms with Crippen molar-refractivity contribution in [2.45, 2.75) is 24.6 Å². The lowest BCUT2D eigenvalue weighted by molar-refractivity contribution is -0.137. The number of halogens is 4. The summed E-state index contributed by atoms with van der Waals surface area (Å²) in [7, 11) is 0. The van der Waals surface area contributed by atoms with Crippen LogP contribution < -0.4 is 5.32 Å². The van der Waals surface area contributed by atoms with E-state index in [9.17, 15) is 23.1 Å². The van der Waals surface area contributed by atoms with Gasteiger partial charge in [0.1, 0.15) is 0 Å². The molecule has 2 aromatic carbocycles. The van der Waals surface area contributed by atoms with Gasteiger partial charge in [-0.1, -0.05) is 35.9 Å². The predicted octanol–water partition coefficient (Wildman–Crippen LogP) is 5.88. The van der Waals surface area contributed by atoms with E-state index >= 15 is 0 Å². The molecule has 2 aliphatic rings. The Morgan fingerprint density at radius 1 is 1.22 bits per heavy atom. The van der Waals surface area contributed by atoms with Gasteiger partial charge in [-0.25, -0.2) is 4.79 Å². The van der Waals surface area contributed by atoms with Crippen molar-refractivity contribution in [3.8, 4) is 0 Å². The third kappa shape index (κ3) is 3.08. The van der Waals surface area contributed by atoms with Gasteiger partial charge >= 0.3 is 12.1 Å². The number of hydrogen-bond acceptors (Lipinski definition) is 2. The summed E-state index contributed by atoms with van der Waals surface area (Å²) < 4.78 is 39.4. The third-order valence-electron chi connectivity index (χ3n) is 5.24. The Bertz CT molecular complexity index is 955. The number of anilines is 1. The number of carboxylic acids is 1. The Balaban J connectivity index is 1.80. The van der Waals surface area contributed by atoms with E-state index in [4.69, 9.17) is 11.6 Å². The molecule has 3 nitrogen and oxygen atoms in total. The molecule has 0 fully saturated rings. The molecule has 0 saturated carbocycles. The van der Waals surface area contributed by atoms with Crippen molar-refractivity contribution in [1.82, 2.24) is 0 Å². The summed E-state index contributed by atoms with van der Waals surface area (Å²) in [6.07, 6.45) is 0.234. The Morgan fingerprint density at radius 2 is 2.00 bits per heavy atom. The molecule has 7 heteroatoms. The first kappa shape index (κ1) is 17.9. The number of hydrogen-bond donors (Lipinski definition) is 2. The third-order valence-corrected chi connectivity index (χ3v) is 5.54. The SMILES string of the molecule is O=C(O)c1cc(Cl)c2c(c1)[C@@H]1C=CC[C@@H]1[C@H](c1cccc(C(F)(F)F)c1)N2. The summed E-state index contributed by atoms with van der Waals surface area (Å²) in [6, 6.07) is 7.89. The average Bonchev–Trinajstić information content (AvgIpc) is 3.10. The van der Waals surface area contributed by atoms with Crippen LogP contribution in [0.15, 0.2) is 48.6 Å². The Kier molecular flexibility index (Phi) is 4.18. The second-order valence-corrected chi connectivity index (χ2v) is 7.23. The molecule has 2 aromatic rings. The number of allylic oxidation sites excluding steroid dienone is 2. The van der Waals surface area contributed by atoms with Crippen LogP contribution in [0.4, 0.5) is 18.9 Å². The first-order valence-electron chi connectivity index (χ1n) is 8.43. The molecule has 27 heavy (non-hydrogen) atoms. The number of alkyl halides is 3. The summed E-state index contributed by atoms with van der Waals surface area (Å²) in [4.78, 5) is 11.3. The monoisotopic (exact) mass is 393 g/mol. The molecule has 0 unspecified atom stereocenters. The van der Waals surface area contributed by atoms with Gasteiger partial charge in [-0.2, -0.15) is 13.2 Å². The van der Waals surface area contributed by atoms with E-state index in [0.717, 1.165) is 17.7 Å². The number of carbonyl (C=O) groups is 1. The highest BCUT2D eigenvalue weighted by atomic mass is 35.5. The van der Waals surface area contributed by atoms with E-state index in [1.54, 1.807) is 12.1 Å². The molecule has 0 spiro atoms. The van der Waals surface area contributed by atoms with Gasteiger partial charge in [0.25, 0.3) is 0 Å². The number of aromatic carboxylic acids is 1. The van der Waals surface area contributed by atoms with Crippen LogP contribution in [-0.2, 0) is 6.18 Å². The van der Waals surface area contributed by atoms with Crippen LogP contribution in [0.25, 0.3) is 0 Å². The van der Waals surface area contributed by atoms with Crippen molar-refractivity contribution in [2.24, 2.45) is 5.92 Å². The van der Waals surface area contributed by atoms with E-state index in [1.807, 2.05) is 12.2 Å². The number of nitrogens with one attached hydrogen (secondary N) is 1. The maximum Gasteiger partial charge on any atom is 0.416 e. The van der Waals surface area contributed by atoms with E-state index in [0.29, 0.717) is 17.7 Å². The molecular weight excluding hydrogens is 379 g/mol. The number of benzene rings is 2. The molecule has 0 bridgehead atoms. The van der Waals surface area contributed by atoms with E-state index in [2.05, 4.69) is 5.32 Å². The molecule has 2 N–H and O–H groups in total. The minimum atomic E-state index is -4.41. The van der Waals surface area contributed by atoms with Crippen molar-refractivity contribution >= 4 is 23.3 Å². The number of fused-ring (bicyclic) bond motifs is 3. The smallest absolute Gasteiger partial charge is 0.416 e. The highest BCUT2D eigenvalue weighted by Gasteiger charge is 2.40. The van der Waals surface area contributed by atoms with Crippen molar-refractivity contribution in [2.75, 3.05) is 5.32 Å². The van der Waals surface area contributed by atoms with Crippen molar-refractivity contribution in [3.05, 3.63) is 75.8 Å². The molecule has 1 heterocycles. The Hall–Kier alpha value is -2.47. The summed E-state index contributed by atoms with van der Waals surface area (Å²) in [5, 5.41) is 12.8. The topological polar surface area (TPSA) is 49.3 Å². The van der Waals surface area contributed by atoms with Gasteiger partial charge in [-0.3, -0.25) is 0 Å². The van der Waals surface area contributed by atoms with Gasteiger partial charge < -0.3 is 10.4 Å². The number of rotatable bonds is 2. The quantitative estimate of drug-likeness (QED) is 0.626. The van der Waals surface area contributed by atoms with E-state index < -0.39 is 17.7 Å². The zero-order valence-electron chi connectivity index (χ0n) is 13.9. The fraction of sp³-hybridized carbons (Fsp3) is 0.250. The van der Waals surface area contributed by atoms with Gasteiger partial charge in [-0.05, 0) is 47.7 Å². The molecule has 0 amide bonds.